The summed E-state index contributed by atoms with van der Waals surface area (Å²) in [5.74, 6) is -0.871. The maximum absolute atomic E-state index is 12.8. The van der Waals surface area contributed by atoms with Crippen LogP contribution in [0.2, 0.25) is 0 Å². The molecule has 0 radical (unpaired) electrons. The van der Waals surface area contributed by atoms with Gasteiger partial charge in [0.1, 0.15) is 13.2 Å². The average Bonchev–Trinajstić information content (AvgIpc) is 3.34. The molecule has 392 valence electrons. The van der Waals surface area contributed by atoms with Crippen LogP contribution in [0.5, 0.6) is 0 Å². The van der Waals surface area contributed by atoms with Crippen molar-refractivity contribution >= 4 is 17.9 Å². The van der Waals surface area contributed by atoms with Gasteiger partial charge in [0.25, 0.3) is 0 Å². The summed E-state index contributed by atoms with van der Waals surface area (Å²) in [6, 6.07) is 0. The number of carbonyl (C=O) groups is 3. The van der Waals surface area contributed by atoms with Crippen molar-refractivity contribution in [3.05, 3.63) is 72.9 Å². The van der Waals surface area contributed by atoms with Crippen molar-refractivity contribution in [2.45, 2.75) is 290 Å². The normalized spacial score (nSPS) is 12.6. The predicted molar refractivity (Wildman–Crippen MR) is 293 cm³/mol. The first-order chi connectivity index (χ1) is 33.5. The van der Waals surface area contributed by atoms with Gasteiger partial charge in [-0.3, -0.25) is 14.4 Å². The first-order valence-corrected chi connectivity index (χ1v) is 28.9. The Kier molecular flexibility index (Phi) is 53.8. The van der Waals surface area contributed by atoms with Gasteiger partial charge in [-0.25, -0.2) is 0 Å². The highest BCUT2D eigenvalue weighted by Gasteiger charge is 2.19. The van der Waals surface area contributed by atoms with Gasteiger partial charge in [-0.15, -0.1) is 0 Å². The van der Waals surface area contributed by atoms with Gasteiger partial charge in [0.15, 0.2) is 6.10 Å². The van der Waals surface area contributed by atoms with Gasteiger partial charge in [0.2, 0.25) is 0 Å². The van der Waals surface area contributed by atoms with Crippen LogP contribution in [0.4, 0.5) is 0 Å². The molecule has 0 aliphatic carbocycles. The van der Waals surface area contributed by atoms with Gasteiger partial charge in [0.05, 0.1) is 0 Å². The molecule has 0 fully saturated rings. The van der Waals surface area contributed by atoms with Crippen LogP contribution >= 0.6 is 0 Å². The first-order valence-electron chi connectivity index (χ1n) is 28.9. The molecule has 0 rings (SSSR count). The molecule has 0 N–H and O–H groups in total. The molecule has 0 spiro atoms. The van der Waals surface area contributed by atoms with Crippen molar-refractivity contribution < 1.29 is 28.6 Å². The van der Waals surface area contributed by atoms with Gasteiger partial charge in [0, 0.05) is 19.3 Å². The number of esters is 3. The second kappa shape index (κ2) is 56.4. The fourth-order valence-electron chi connectivity index (χ4n) is 8.15. The molecule has 0 saturated heterocycles. The van der Waals surface area contributed by atoms with E-state index in [0.29, 0.717) is 19.3 Å². The lowest BCUT2D eigenvalue weighted by molar-refractivity contribution is -0.167. The Morgan fingerprint density at radius 2 is 0.574 bits per heavy atom. The fraction of sp³-hybridized carbons (Fsp3) is 0.758. The zero-order valence-electron chi connectivity index (χ0n) is 44.9. The first kappa shape index (κ1) is 64.8. The highest BCUT2D eigenvalue weighted by atomic mass is 16.6. The monoisotopic (exact) mass is 949 g/mol. The summed E-state index contributed by atoms with van der Waals surface area (Å²) in [4.78, 5) is 38.0. The minimum atomic E-state index is -0.771. The number of hydrogen-bond donors (Lipinski definition) is 0. The van der Waals surface area contributed by atoms with E-state index in [1.165, 1.54) is 148 Å². The lowest BCUT2D eigenvalue weighted by Crippen LogP contribution is -2.30. The smallest absolute Gasteiger partial charge is 0.306 e. The van der Waals surface area contributed by atoms with Gasteiger partial charge in [-0.2, -0.15) is 0 Å². The van der Waals surface area contributed by atoms with Crippen molar-refractivity contribution in [2.24, 2.45) is 0 Å². The number of ether oxygens (including phenoxy) is 3. The second-order valence-corrected chi connectivity index (χ2v) is 19.2. The molecule has 0 amide bonds. The molecule has 0 aliphatic heterocycles. The summed E-state index contributed by atoms with van der Waals surface area (Å²) < 4.78 is 16.8. The molecular formula is C62H108O6. The van der Waals surface area contributed by atoms with Crippen LogP contribution in [0.1, 0.15) is 284 Å². The van der Waals surface area contributed by atoms with E-state index < -0.39 is 6.10 Å². The molecule has 1 unspecified atom stereocenters. The van der Waals surface area contributed by atoms with E-state index in [4.69, 9.17) is 14.2 Å². The summed E-state index contributed by atoms with van der Waals surface area (Å²) in [6.07, 6.45) is 71.9. The highest BCUT2D eigenvalue weighted by Crippen LogP contribution is 2.16. The average molecular weight is 950 g/mol. The third-order valence-electron chi connectivity index (χ3n) is 12.5. The third-order valence-corrected chi connectivity index (χ3v) is 12.5. The SMILES string of the molecule is CC/C=C\C/C=C\C/C=C\C/C=C\C/C=C\C/C=C\CCCCCCCCCCCCC(=O)OCC(COC(=O)CCCCCCCCCCC)OC(=O)CCCCCCCCCCCCCC. The van der Waals surface area contributed by atoms with Gasteiger partial charge in [-0.05, 0) is 70.6 Å². The van der Waals surface area contributed by atoms with Gasteiger partial charge in [-0.1, -0.05) is 267 Å². The molecule has 0 aromatic carbocycles. The summed E-state index contributed by atoms with van der Waals surface area (Å²) in [6.45, 7) is 6.51. The maximum Gasteiger partial charge on any atom is 0.306 e. The Hall–Kier alpha value is -3.15. The number of rotatable bonds is 52. The summed E-state index contributed by atoms with van der Waals surface area (Å²) in [7, 11) is 0. The Balaban J connectivity index is 4.14. The van der Waals surface area contributed by atoms with Crippen LogP contribution in [-0.4, -0.2) is 37.2 Å². The second-order valence-electron chi connectivity index (χ2n) is 19.2. The Bertz CT molecular complexity index is 1270. The van der Waals surface area contributed by atoms with E-state index in [1.54, 1.807) is 0 Å². The van der Waals surface area contributed by atoms with E-state index in [0.717, 1.165) is 96.3 Å². The topological polar surface area (TPSA) is 78.9 Å². The highest BCUT2D eigenvalue weighted by molar-refractivity contribution is 5.71. The maximum atomic E-state index is 12.8. The fourth-order valence-corrected chi connectivity index (χ4v) is 8.15. The largest absolute Gasteiger partial charge is 0.462 e. The van der Waals surface area contributed by atoms with Gasteiger partial charge >= 0.3 is 17.9 Å². The number of unbranched alkanes of at least 4 members (excludes halogenated alkanes) is 29. The molecule has 6 nitrogen and oxygen atoms in total. The van der Waals surface area contributed by atoms with Crippen LogP contribution in [0, 0.1) is 0 Å². The van der Waals surface area contributed by atoms with E-state index in [2.05, 4.69) is 93.7 Å². The molecule has 0 aromatic heterocycles. The molecule has 0 aromatic rings. The van der Waals surface area contributed by atoms with E-state index in [9.17, 15) is 14.4 Å². The zero-order chi connectivity index (χ0) is 49.3. The Morgan fingerprint density at radius 1 is 0.309 bits per heavy atom. The molecule has 0 heterocycles. The quantitative estimate of drug-likeness (QED) is 0.0262. The standard InChI is InChI=1S/C62H108O6/c1-4-7-10-13-16-19-21-23-24-25-26-27-28-29-30-31-32-33-34-35-36-37-38-39-41-43-46-49-52-55-61(64)67-58-59(57-66-60(63)54-51-48-45-42-18-15-12-9-6-3)68-62(65)56-53-50-47-44-40-22-20-17-14-11-8-5-2/h7,10,16,19,23-24,26-27,29-30,32-33,59H,4-6,8-9,11-15,17-18,20-22,25,28,31,34-58H2,1-3H3/b10-7-,19-16-,24-23-,27-26-,30-29-,33-32-. The molecule has 68 heavy (non-hydrogen) atoms. The van der Waals surface area contributed by atoms with Crippen molar-refractivity contribution in [2.75, 3.05) is 13.2 Å². The third kappa shape index (κ3) is 53.8. The van der Waals surface area contributed by atoms with Gasteiger partial charge < -0.3 is 14.2 Å². The lowest BCUT2D eigenvalue weighted by Gasteiger charge is -2.18. The van der Waals surface area contributed by atoms with Crippen LogP contribution in [0.3, 0.4) is 0 Å². The summed E-state index contributed by atoms with van der Waals surface area (Å²) in [5, 5.41) is 0. The molecular weight excluding hydrogens is 841 g/mol. The number of hydrogen-bond acceptors (Lipinski definition) is 6. The Labute approximate surface area is 421 Å². The van der Waals surface area contributed by atoms with E-state index in [1.807, 2.05) is 0 Å². The van der Waals surface area contributed by atoms with Crippen LogP contribution in [0.25, 0.3) is 0 Å². The number of allylic oxidation sites excluding steroid dienone is 12. The van der Waals surface area contributed by atoms with Crippen molar-refractivity contribution in [3.63, 3.8) is 0 Å². The van der Waals surface area contributed by atoms with Crippen LogP contribution in [0.15, 0.2) is 72.9 Å². The lowest BCUT2D eigenvalue weighted by atomic mass is 10.0. The van der Waals surface area contributed by atoms with Crippen LogP contribution < -0.4 is 0 Å². The summed E-state index contributed by atoms with van der Waals surface area (Å²) >= 11 is 0. The van der Waals surface area contributed by atoms with Crippen molar-refractivity contribution in [1.29, 1.82) is 0 Å². The van der Waals surface area contributed by atoms with E-state index in [-0.39, 0.29) is 31.1 Å². The zero-order valence-corrected chi connectivity index (χ0v) is 44.9. The molecule has 1 atom stereocenters. The van der Waals surface area contributed by atoms with Crippen molar-refractivity contribution in [3.8, 4) is 0 Å². The molecule has 0 aliphatic rings. The van der Waals surface area contributed by atoms with Crippen LogP contribution in [-0.2, 0) is 28.6 Å². The number of carbonyl (C=O) groups excluding carboxylic acids is 3. The molecule has 6 heteroatoms. The minimum absolute atomic E-state index is 0.0722. The Morgan fingerprint density at radius 3 is 0.897 bits per heavy atom. The molecule has 0 saturated carbocycles. The predicted octanol–water partition coefficient (Wildman–Crippen LogP) is 19.4. The molecule has 0 bridgehead atoms. The van der Waals surface area contributed by atoms with Crippen molar-refractivity contribution in [1.82, 2.24) is 0 Å². The van der Waals surface area contributed by atoms with E-state index >= 15 is 0 Å². The minimum Gasteiger partial charge on any atom is -0.462 e. The summed E-state index contributed by atoms with van der Waals surface area (Å²) in [5.41, 5.74) is 0.